The molecule has 0 aliphatic rings. The van der Waals surface area contributed by atoms with E-state index in [-0.39, 0.29) is 16.7 Å². The summed E-state index contributed by atoms with van der Waals surface area (Å²) in [4.78, 5) is 4.57. The zero-order chi connectivity index (χ0) is 21.5. The highest BCUT2D eigenvalue weighted by Gasteiger charge is 2.35. The Kier molecular flexibility index (Phi) is 4.97. The molecule has 0 bridgehead atoms. The third-order valence-corrected chi connectivity index (χ3v) is 5.02. The summed E-state index contributed by atoms with van der Waals surface area (Å²) >= 11 is 0. The lowest BCUT2D eigenvalue weighted by Crippen LogP contribution is -2.08. The number of hydrogen-bond donors (Lipinski definition) is 0. The van der Waals surface area contributed by atoms with E-state index in [1.165, 1.54) is 11.8 Å². The van der Waals surface area contributed by atoms with Gasteiger partial charge in [-0.3, -0.25) is 0 Å². The van der Waals surface area contributed by atoms with Crippen LogP contribution < -0.4 is 4.74 Å². The number of rotatable bonds is 4. The van der Waals surface area contributed by atoms with Gasteiger partial charge < -0.3 is 4.74 Å². The van der Waals surface area contributed by atoms with Crippen molar-refractivity contribution in [3.8, 4) is 17.0 Å². The standard InChI is InChI=1S/C23H20F3N3O/c1-14-4-6-16(7-5-14)13-29-22-21(15(2)28-29)19(23(24,25)26)12-20(27-22)17-8-10-18(30-3)11-9-17/h4-12H,13H2,1-3H3. The molecule has 0 N–H and O–H groups in total. The van der Waals surface area contributed by atoms with Gasteiger partial charge in [-0.2, -0.15) is 18.3 Å². The van der Waals surface area contributed by atoms with Gasteiger partial charge in [0.25, 0.3) is 0 Å². The Morgan fingerprint density at radius 1 is 0.967 bits per heavy atom. The molecule has 4 aromatic rings. The molecule has 0 spiro atoms. The van der Waals surface area contributed by atoms with Gasteiger partial charge >= 0.3 is 6.18 Å². The summed E-state index contributed by atoms with van der Waals surface area (Å²) < 4.78 is 48.4. The number of benzene rings is 2. The smallest absolute Gasteiger partial charge is 0.417 e. The van der Waals surface area contributed by atoms with Gasteiger partial charge in [0.1, 0.15) is 5.75 Å². The third-order valence-electron chi connectivity index (χ3n) is 5.02. The van der Waals surface area contributed by atoms with E-state index in [0.717, 1.165) is 17.2 Å². The molecule has 0 saturated carbocycles. The Balaban J connectivity index is 1.90. The number of ether oxygens (including phenoxy) is 1. The van der Waals surface area contributed by atoms with Crippen molar-refractivity contribution in [3.63, 3.8) is 0 Å². The minimum absolute atomic E-state index is 0.0341. The second-order valence-corrected chi connectivity index (χ2v) is 7.21. The Morgan fingerprint density at radius 2 is 1.63 bits per heavy atom. The maximum atomic E-state index is 13.9. The Hall–Kier alpha value is -3.35. The molecular formula is C23H20F3N3O. The van der Waals surface area contributed by atoms with Gasteiger partial charge in [-0.1, -0.05) is 29.8 Å². The van der Waals surface area contributed by atoms with E-state index in [2.05, 4.69) is 10.1 Å². The van der Waals surface area contributed by atoms with Crippen LogP contribution in [0.5, 0.6) is 5.75 Å². The second kappa shape index (κ2) is 7.48. The summed E-state index contributed by atoms with van der Waals surface area (Å²) in [6.45, 7) is 3.90. The maximum Gasteiger partial charge on any atom is 0.417 e. The number of aryl methyl sites for hydroxylation is 2. The average Bonchev–Trinajstić information content (AvgIpc) is 3.03. The molecule has 0 amide bonds. The molecule has 7 heteroatoms. The number of alkyl halides is 3. The number of fused-ring (bicyclic) bond motifs is 1. The highest BCUT2D eigenvalue weighted by Crippen LogP contribution is 2.38. The van der Waals surface area contributed by atoms with E-state index in [0.29, 0.717) is 23.6 Å². The van der Waals surface area contributed by atoms with Crippen molar-refractivity contribution in [1.82, 2.24) is 14.8 Å². The number of methoxy groups -OCH3 is 1. The largest absolute Gasteiger partial charge is 0.497 e. The van der Waals surface area contributed by atoms with E-state index in [4.69, 9.17) is 4.74 Å². The highest BCUT2D eigenvalue weighted by molar-refractivity contribution is 5.86. The lowest BCUT2D eigenvalue weighted by Gasteiger charge is -2.12. The van der Waals surface area contributed by atoms with Crippen LogP contribution in [0.3, 0.4) is 0 Å². The van der Waals surface area contributed by atoms with Crippen molar-refractivity contribution in [2.24, 2.45) is 0 Å². The summed E-state index contributed by atoms with van der Waals surface area (Å²) in [6, 6.07) is 15.7. The fraction of sp³-hybridized carbons (Fsp3) is 0.217. The minimum atomic E-state index is -4.52. The molecule has 154 valence electrons. The molecule has 4 nitrogen and oxygen atoms in total. The molecule has 30 heavy (non-hydrogen) atoms. The molecule has 0 aliphatic carbocycles. The summed E-state index contributed by atoms with van der Waals surface area (Å²) in [7, 11) is 1.54. The van der Waals surface area contributed by atoms with Crippen LogP contribution in [0.1, 0.15) is 22.4 Å². The van der Waals surface area contributed by atoms with Crippen LogP contribution in [0, 0.1) is 13.8 Å². The van der Waals surface area contributed by atoms with Gasteiger partial charge in [0.05, 0.1) is 36.0 Å². The van der Waals surface area contributed by atoms with Gasteiger partial charge in [-0.05, 0) is 49.7 Å². The first-order valence-electron chi connectivity index (χ1n) is 9.41. The van der Waals surface area contributed by atoms with Crippen LogP contribution >= 0.6 is 0 Å². The Labute approximate surface area is 171 Å². The van der Waals surface area contributed by atoms with Gasteiger partial charge in [0.15, 0.2) is 5.65 Å². The highest BCUT2D eigenvalue weighted by atomic mass is 19.4. The summed E-state index contributed by atoms with van der Waals surface area (Å²) in [6.07, 6.45) is -4.52. The monoisotopic (exact) mass is 411 g/mol. The first-order valence-corrected chi connectivity index (χ1v) is 9.41. The van der Waals surface area contributed by atoms with E-state index in [9.17, 15) is 13.2 Å². The summed E-state index contributed by atoms with van der Waals surface area (Å²) in [5.41, 5.74) is 2.65. The molecular weight excluding hydrogens is 391 g/mol. The molecule has 0 saturated heterocycles. The molecule has 0 fully saturated rings. The fourth-order valence-electron chi connectivity index (χ4n) is 3.46. The van der Waals surface area contributed by atoms with Crippen LogP contribution in [0.4, 0.5) is 13.2 Å². The zero-order valence-corrected chi connectivity index (χ0v) is 16.8. The maximum absolute atomic E-state index is 13.9. The first kappa shape index (κ1) is 19.9. The number of hydrogen-bond acceptors (Lipinski definition) is 3. The SMILES string of the molecule is COc1ccc(-c2cc(C(F)(F)F)c3c(C)nn(Cc4ccc(C)cc4)c3n2)cc1. The van der Waals surface area contributed by atoms with Gasteiger partial charge in [0.2, 0.25) is 0 Å². The molecule has 2 aromatic heterocycles. The summed E-state index contributed by atoms with van der Waals surface area (Å²) in [5, 5.41) is 4.41. The topological polar surface area (TPSA) is 39.9 Å². The van der Waals surface area contributed by atoms with Crippen molar-refractivity contribution in [3.05, 3.63) is 77.0 Å². The molecule has 0 atom stereocenters. The predicted molar refractivity (Wildman–Crippen MR) is 110 cm³/mol. The Morgan fingerprint density at radius 3 is 2.23 bits per heavy atom. The van der Waals surface area contributed by atoms with E-state index in [1.807, 2.05) is 31.2 Å². The first-order chi connectivity index (χ1) is 14.3. The fourth-order valence-corrected chi connectivity index (χ4v) is 3.46. The van der Waals surface area contributed by atoms with Crippen molar-refractivity contribution in [2.75, 3.05) is 7.11 Å². The molecule has 0 aliphatic heterocycles. The van der Waals surface area contributed by atoms with Crippen molar-refractivity contribution in [1.29, 1.82) is 0 Å². The van der Waals surface area contributed by atoms with Crippen LogP contribution in [0.2, 0.25) is 0 Å². The van der Waals surface area contributed by atoms with Crippen LogP contribution in [0.25, 0.3) is 22.3 Å². The number of pyridine rings is 1. The minimum Gasteiger partial charge on any atom is -0.497 e. The number of halogens is 3. The van der Waals surface area contributed by atoms with Crippen LogP contribution in [-0.2, 0) is 12.7 Å². The normalized spacial score (nSPS) is 11.8. The van der Waals surface area contributed by atoms with Crippen LogP contribution in [-0.4, -0.2) is 21.9 Å². The second-order valence-electron chi connectivity index (χ2n) is 7.21. The quantitative estimate of drug-likeness (QED) is 0.427. The summed E-state index contributed by atoms with van der Waals surface area (Å²) in [5.74, 6) is 0.621. The average molecular weight is 411 g/mol. The lowest BCUT2D eigenvalue weighted by molar-refractivity contribution is -0.136. The predicted octanol–water partition coefficient (Wildman–Crippen LogP) is 5.79. The zero-order valence-electron chi connectivity index (χ0n) is 16.8. The van der Waals surface area contributed by atoms with Crippen molar-refractivity contribution in [2.45, 2.75) is 26.6 Å². The number of nitrogens with zero attached hydrogens (tertiary/aromatic N) is 3. The van der Waals surface area contributed by atoms with Gasteiger partial charge in [-0.25, -0.2) is 9.67 Å². The van der Waals surface area contributed by atoms with Gasteiger partial charge in [0, 0.05) is 5.56 Å². The molecule has 0 unspecified atom stereocenters. The third kappa shape index (κ3) is 3.75. The van der Waals surface area contributed by atoms with E-state index >= 15 is 0 Å². The van der Waals surface area contributed by atoms with Crippen molar-refractivity contribution >= 4 is 11.0 Å². The molecule has 2 aromatic carbocycles. The lowest BCUT2D eigenvalue weighted by atomic mass is 10.0. The van der Waals surface area contributed by atoms with Crippen LogP contribution in [0.15, 0.2) is 54.6 Å². The molecule has 2 heterocycles. The number of aromatic nitrogens is 3. The molecule has 0 radical (unpaired) electrons. The van der Waals surface area contributed by atoms with Gasteiger partial charge in [-0.15, -0.1) is 0 Å². The van der Waals surface area contributed by atoms with E-state index in [1.54, 1.807) is 31.2 Å². The molecule has 4 rings (SSSR count). The van der Waals surface area contributed by atoms with Crippen molar-refractivity contribution < 1.29 is 17.9 Å². The van der Waals surface area contributed by atoms with E-state index < -0.39 is 11.7 Å². The Bertz CT molecular complexity index is 1190.